The molecule has 6 heteroatoms. The van der Waals surface area contributed by atoms with Crippen LogP contribution in [0.1, 0.15) is 60.5 Å². The van der Waals surface area contributed by atoms with Crippen LogP contribution in [0.25, 0.3) is 0 Å². The zero-order valence-electron chi connectivity index (χ0n) is 20.6. The number of nitrogens with zero attached hydrogens (tertiary/aromatic N) is 2. The summed E-state index contributed by atoms with van der Waals surface area (Å²) in [6.07, 6.45) is 7.21. The monoisotopic (exact) mass is 466 g/mol. The highest BCUT2D eigenvalue weighted by Gasteiger charge is 2.28. The molecular weight excluding hydrogens is 428 g/mol. The number of ether oxygens (including phenoxy) is 3. The van der Waals surface area contributed by atoms with E-state index in [-0.39, 0.29) is 11.8 Å². The van der Waals surface area contributed by atoms with Crippen molar-refractivity contribution in [2.45, 2.75) is 44.6 Å². The molecule has 0 bridgehead atoms. The second-order valence-corrected chi connectivity index (χ2v) is 9.33. The SMILES string of the molecule is COc1cc(OC)cc(C(=O)CN2CCCC2c2cccc(OCCCN3CCCCC3)c2)c1. The Labute approximate surface area is 203 Å². The molecular formula is C28H38N2O4. The lowest BCUT2D eigenvalue weighted by molar-refractivity contribution is 0.0921. The van der Waals surface area contributed by atoms with Crippen LogP contribution in [0.3, 0.4) is 0 Å². The van der Waals surface area contributed by atoms with Gasteiger partial charge in [-0.1, -0.05) is 18.6 Å². The molecule has 1 unspecified atom stereocenters. The summed E-state index contributed by atoms with van der Waals surface area (Å²) in [6, 6.07) is 14.0. The summed E-state index contributed by atoms with van der Waals surface area (Å²) >= 11 is 0. The van der Waals surface area contributed by atoms with Crippen LogP contribution in [0, 0.1) is 0 Å². The Kier molecular flexibility index (Phi) is 8.83. The van der Waals surface area contributed by atoms with E-state index in [4.69, 9.17) is 14.2 Å². The van der Waals surface area contributed by atoms with E-state index in [1.165, 1.54) is 37.9 Å². The van der Waals surface area contributed by atoms with E-state index in [1.807, 2.05) is 6.07 Å². The first-order chi connectivity index (χ1) is 16.7. The van der Waals surface area contributed by atoms with Crippen LogP contribution in [-0.2, 0) is 0 Å². The van der Waals surface area contributed by atoms with E-state index in [0.717, 1.165) is 44.7 Å². The molecule has 4 rings (SSSR count). The molecule has 2 aliphatic rings. The molecule has 2 aliphatic heterocycles. The summed E-state index contributed by atoms with van der Waals surface area (Å²) in [5, 5.41) is 0. The fourth-order valence-electron chi connectivity index (χ4n) is 5.11. The van der Waals surface area contributed by atoms with Crippen molar-refractivity contribution in [2.24, 2.45) is 0 Å². The van der Waals surface area contributed by atoms with Gasteiger partial charge in [0.25, 0.3) is 0 Å². The van der Waals surface area contributed by atoms with E-state index in [2.05, 4.69) is 28.0 Å². The minimum atomic E-state index is 0.0780. The van der Waals surface area contributed by atoms with E-state index >= 15 is 0 Å². The van der Waals surface area contributed by atoms with Crippen molar-refractivity contribution in [2.75, 3.05) is 53.6 Å². The molecule has 6 nitrogen and oxygen atoms in total. The first-order valence-corrected chi connectivity index (χ1v) is 12.6. The number of Topliss-reactive ketones (excluding diaryl/α,β-unsaturated/α-hetero) is 1. The largest absolute Gasteiger partial charge is 0.497 e. The van der Waals surface area contributed by atoms with Crippen LogP contribution in [-0.4, -0.2) is 69.1 Å². The Bertz CT molecular complexity index is 920. The van der Waals surface area contributed by atoms with Gasteiger partial charge >= 0.3 is 0 Å². The standard InChI is InChI=1S/C28H38N2O4/c1-32-25-18-23(19-26(20-25)33-2)28(31)21-30-15-7-11-27(30)22-9-6-10-24(17-22)34-16-8-14-29-12-4-3-5-13-29/h6,9-10,17-20,27H,3-5,7-8,11-16,21H2,1-2H3. The number of piperidine rings is 1. The molecule has 0 N–H and O–H groups in total. The van der Waals surface area contributed by atoms with Gasteiger partial charge < -0.3 is 19.1 Å². The van der Waals surface area contributed by atoms with Gasteiger partial charge in [0, 0.05) is 24.2 Å². The highest BCUT2D eigenvalue weighted by Crippen LogP contribution is 2.34. The zero-order valence-corrected chi connectivity index (χ0v) is 20.6. The lowest BCUT2D eigenvalue weighted by atomic mass is 10.0. The van der Waals surface area contributed by atoms with Crippen molar-refractivity contribution in [3.05, 3.63) is 53.6 Å². The van der Waals surface area contributed by atoms with Crippen LogP contribution in [0.4, 0.5) is 0 Å². The second kappa shape index (κ2) is 12.2. The Hall–Kier alpha value is -2.57. The Morgan fingerprint density at radius 2 is 1.68 bits per heavy atom. The molecule has 2 saturated heterocycles. The maximum Gasteiger partial charge on any atom is 0.177 e. The van der Waals surface area contributed by atoms with Gasteiger partial charge in [-0.15, -0.1) is 0 Å². The van der Waals surface area contributed by atoms with Crippen LogP contribution in [0.15, 0.2) is 42.5 Å². The van der Waals surface area contributed by atoms with Gasteiger partial charge in [-0.2, -0.15) is 0 Å². The van der Waals surface area contributed by atoms with Gasteiger partial charge in [0.1, 0.15) is 17.2 Å². The maximum absolute atomic E-state index is 13.1. The third kappa shape index (κ3) is 6.51. The van der Waals surface area contributed by atoms with E-state index in [0.29, 0.717) is 23.6 Å². The third-order valence-corrected chi connectivity index (χ3v) is 6.96. The third-order valence-electron chi connectivity index (χ3n) is 6.96. The lowest BCUT2D eigenvalue weighted by Gasteiger charge is -2.26. The molecule has 0 radical (unpaired) electrons. The molecule has 184 valence electrons. The quantitative estimate of drug-likeness (QED) is 0.344. The molecule has 2 heterocycles. The fraction of sp³-hybridized carbons (Fsp3) is 0.536. The van der Waals surface area contributed by atoms with Gasteiger partial charge in [-0.3, -0.25) is 9.69 Å². The normalized spacial score (nSPS) is 19.2. The molecule has 0 aliphatic carbocycles. The van der Waals surface area contributed by atoms with E-state index < -0.39 is 0 Å². The molecule has 0 spiro atoms. The van der Waals surface area contributed by atoms with E-state index in [1.54, 1.807) is 32.4 Å². The van der Waals surface area contributed by atoms with Crippen LogP contribution in [0.5, 0.6) is 17.2 Å². The van der Waals surface area contributed by atoms with Crippen molar-refractivity contribution in [1.29, 1.82) is 0 Å². The van der Waals surface area contributed by atoms with Gasteiger partial charge in [0.2, 0.25) is 0 Å². The van der Waals surface area contributed by atoms with Crippen LogP contribution < -0.4 is 14.2 Å². The first-order valence-electron chi connectivity index (χ1n) is 12.6. The number of methoxy groups -OCH3 is 2. The summed E-state index contributed by atoms with van der Waals surface area (Å²) in [5.41, 5.74) is 1.84. The van der Waals surface area contributed by atoms with Gasteiger partial charge in [-0.05, 0) is 81.6 Å². The number of benzene rings is 2. The predicted octanol–water partition coefficient (Wildman–Crippen LogP) is 4.98. The Balaban J connectivity index is 1.34. The van der Waals surface area contributed by atoms with E-state index in [9.17, 15) is 4.79 Å². The summed E-state index contributed by atoms with van der Waals surface area (Å²) in [5.74, 6) is 2.26. The van der Waals surface area contributed by atoms with Gasteiger partial charge in [-0.25, -0.2) is 0 Å². The summed E-state index contributed by atoms with van der Waals surface area (Å²) in [7, 11) is 3.20. The van der Waals surface area contributed by atoms with Crippen molar-refractivity contribution >= 4 is 5.78 Å². The molecule has 34 heavy (non-hydrogen) atoms. The summed E-state index contributed by atoms with van der Waals surface area (Å²) < 4.78 is 16.8. The molecule has 0 aromatic heterocycles. The van der Waals surface area contributed by atoms with Gasteiger partial charge in [0.15, 0.2) is 5.78 Å². The number of hydrogen-bond acceptors (Lipinski definition) is 6. The average Bonchev–Trinajstić information content (AvgIpc) is 3.35. The smallest absolute Gasteiger partial charge is 0.177 e. The van der Waals surface area contributed by atoms with Crippen molar-refractivity contribution in [3.63, 3.8) is 0 Å². The number of rotatable bonds is 11. The lowest BCUT2D eigenvalue weighted by Crippen LogP contribution is -2.31. The van der Waals surface area contributed by atoms with Crippen molar-refractivity contribution < 1.29 is 19.0 Å². The second-order valence-electron chi connectivity index (χ2n) is 9.33. The average molecular weight is 467 g/mol. The number of ketones is 1. The number of likely N-dealkylation sites (tertiary alicyclic amines) is 2. The summed E-state index contributed by atoms with van der Waals surface area (Å²) in [6.45, 7) is 5.61. The van der Waals surface area contributed by atoms with Gasteiger partial charge in [0.05, 0.1) is 27.4 Å². The minimum Gasteiger partial charge on any atom is -0.497 e. The fourth-order valence-corrected chi connectivity index (χ4v) is 5.11. The highest BCUT2D eigenvalue weighted by atomic mass is 16.5. The minimum absolute atomic E-state index is 0.0780. The molecule has 2 aromatic carbocycles. The van der Waals surface area contributed by atoms with Crippen molar-refractivity contribution in [3.8, 4) is 17.2 Å². The molecule has 0 saturated carbocycles. The topological polar surface area (TPSA) is 51.2 Å². The molecule has 2 aromatic rings. The Morgan fingerprint density at radius 1 is 0.912 bits per heavy atom. The molecule has 0 amide bonds. The maximum atomic E-state index is 13.1. The first kappa shape index (κ1) is 24.6. The highest BCUT2D eigenvalue weighted by molar-refractivity contribution is 5.98. The zero-order chi connectivity index (χ0) is 23.8. The van der Waals surface area contributed by atoms with Crippen LogP contribution >= 0.6 is 0 Å². The number of carbonyl (C=O) groups is 1. The van der Waals surface area contributed by atoms with Crippen molar-refractivity contribution in [1.82, 2.24) is 9.80 Å². The summed E-state index contributed by atoms with van der Waals surface area (Å²) in [4.78, 5) is 17.9. The molecule has 2 fully saturated rings. The Morgan fingerprint density at radius 3 is 2.41 bits per heavy atom. The number of carbonyl (C=O) groups excluding carboxylic acids is 1. The number of hydrogen-bond donors (Lipinski definition) is 0. The van der Waals surface area contributed by atoms with Crippen LogP contribution in [0.2, 0.25) is 0 Å². The molecule has 1 atom stereocenters. The predicted molar refractivity (Wildman–Crippen MR) is 134 cm³/mol.